The zero-order chi connectivity index (χ0) is 12.3. The van der Waals surface area contributed by atoms with E-state index in [0.717, 1.165) is 22.2 Å². The van der Waals surface area contributed by atoms with E-state index in [1.165, 1.54) is 0 Å². The highest BCUT2D eigenvalue weighted by atomic mass is 16.5. The summed E-state index contributed by atoms with van der Waals surface area (Å²) in [5, 5.41) is 10.6. The van der Waals surface area contributed by atoms with Gasteiger partial charge in [0, 0.05) is 18.0 Å². The minimum Gasteiger partial charge on any atom is -0.496 e. The average molecular weight is 231 g/mol. The number of benzene rings is 1. The fourth-order valence-electron chi connectivity index (χ4n) is 1.85. The van der Waals surface area contributed by atoms with Crippen LogP contribution in [0.3, 0.4) is 0 Å². The zero-order valence-electron chi connectivity index (χ0n) is 9.51. The minimum atomic E-state index is -0.821. The van der Waals surface area contributed by atoms with Crippen LogP contribution in [0.4, 0.5) is 0 Å². The van der Waals surface area contributed by atoms with Gasteiger partial charge >= 0.3 is 5.97 Å². The third-order valence-electron chi connectivity index (χ3n) is 2.63. The van der Waals surface area contributed by atoms with Gasteiger partial charge in [-0.2, -0.15) is 0 Å². The predicted molar refractivity (Wildman–Crippen MR) is 64.3 cm³/mol. The maximum atomic E-state index is 10.6. The van der Waals surface area contributed by atoms with Crippen LogP contribution in [0, 0.1) is 0 Å². The van der Waals surface area contributed by atoms with Crippen LogP contribution in [0.2, 0.25) is 0 Å². The summed E-state index contributed by atoms with van der Waals surface area (Å²) in [5.41, 5.74) is 0.766. The van der Waals surface area contributed by atoms with Crippen molar-refractivity contribution in [2.75, 3.05) is 7.11 Å². The van der Waals surface area contributed by atoms with E-state index in [2.05, 4.69) is 4.98 Å². The number of fused-ring (bicyclic) bond motifs is 1. The van der Waals surface area contributed by atoms with Gasteiger partial charge in [0.1, 0.15) is 5.75 Å². The van der Waals surface area contributed by atoms with Gasteiger partial charge in [-0.1, -0.05) is 12.1 Å². The molecule has 4 heteroatoms. The number of carboxylic acid groups (broad SMARTS) is 1. The van der Waals surface area contributed by atoms with E-state index in [-0.39, 0.29) is 6.42 Å². The first-order valence-corrected chi connectivity index (χ1v) is 5.35. The lowest BCUT2D eigenvalue weighted by atomic mass is 10.1. The molecular weight excluding hydrogens is 218 g/mol. The molecule has 1 N–H and O–H groups in total. The van der Waals surface area contributed by atoms with E-state index in [4.69, 9.17) is 9.84 Å². The summed E-state index contributed by atoms with van der Waals surface area (Å²) in [7, 11) is 1.60. The molecule has 4 nitrogen and oxygen atoms in total. The summed E-state index contributed by atoms with van der Waals surface area (Å²) in [6.07, 6.45) is 2.18. The van der Waals surface area contributed by atoms with Gasteiger partial charge in [-0.05, 0) is 17.5 Å². The first-order valence-electron chi connectivity index (χ1n) is 5.35. The normalized spacial score (nSPS) is 10.4. The highest BCUT2D eigenvalue weighted by Crippen LogP contribution is 2.28. The Balaban J connectivity index is 2.50. The van der Waals surface area contributed by atoms with E-state index in [0.29, 0.717) is 6.42 Å². The largest absolute Gasteiger partial charge is 0.496 e. The Bertz CT molecular complexity index is 546. The van der Waals surface area contributed by atoms with Crippen LogP contribution < -0.4 is 4.74 Å². The fraction of sp³-hybridized carbons (Fsp3) is 0.231. The van der Waals surface area contributed by atoms with Crippen LogP contribution in [0.25, 0.3) is 10.8 Å². The number of ether oxygens (including phenoxy) is 1. The molecule has 0 atom stereocenters. The molecule has 0 spiro atoms. The Kier molecular flexibility index (Phi) is 3.23. The molecule has 88 valence electrons. The number of rotatable bonds is 4. The van der Waals surface area contributed by atoms with Crippen molar-refractivity contribution >= 4 is 16.7 Å². The third-order valence-corrected chi connectivity index (χ3v) is 2.63. The van der Waals surface area contributed by atoms with Gasteiger partial charge < -0.3 is 9.84 Å². The molecule has 0 saturated heterocycles. The van der Waals surface area contributed by atoms with Gasteiger partial charge in [0.05, 0.1) is 19.2 Å². The average Bonchev–Trinajstić information content (AvgIpc) is 2.35. The van der Waals surface area contributed by atoms with Crippen LogP contribution in [0.1, 0.15) is 12.1 Å². The van der Waals surface area contributed by atoms with Crippen LogP contribution >= 0.6 is 0 Å². The Hall–Kier alpha value is -2.10. The molecule has 0 aliphatic carbocycles. The summed E-state index contributed by atoms with van der Waals surface area (Å²) in [6, 6.07) is 7.61. The van der Waals surface area contributed by atoms with Gasteiger partial charge in [0.25, 0.3) is 0 Å². The quantitative estimate of drug-likeness (QED) is 0.876. The second-order valence-electron chi connectivity index (χ2n) is 3.71. The molecule has 0 aliphatic heterocycles. The number of aryl methyl sites for hydroxylation is 1. The van der Waals surface area contributed by atoms with Crippen molar-refractivity contribution in [3.63, 3.8) is 0 Å². The monoisotopic (exact) mass is 231 g/mol. The molecule has 1 aromatic carbocycles. The Morgan fingerprint density at radius 1 is 1.41 bits per heavy atom. The number of hydrogen-bond acceptors (Lipinski definition) is 3. The van der Waals surface area contributed by atoms with E-state index in [1.54, 1.807) is 13.3 Å². The van der Waals surface area contributed by atoms with E-state index in [1.807, 2.05) is 24.3 Å². The molecule has 0 amide bonds. The van der Waals surface area contributed by atoms with Crippen molar-refractivity contribution in [1.29, 1.82) is 0 Å². The van der Waals surface area contributed by atoms with Crippen molar-refractivity contribution in [2.24, 2.45) is 0 Å². The molecular formula is C13H13NO3. The molecule has 2 aromatic rings. The first-order chi connectivity index (χ1) is 8.22. The van der Waals surface area contributed by atoms with E-state index < -0.39 is 5.97 Å². The highest BCUT2D eigenvalue weighted by Gasteiger charge is 2.09. The number of aliphatic carboxylic acids is 1. The topological polar surface area (TPSA) is 59.4 Å². The molecule has 1 aromatic heterocycles. The first kappa shape index (κ1) is 11.4. The standard InChI is InChI=1S/C13H13NO3/c1-17-11-4-2-3-9-7-8-14-10(13(9)11)5-6-12(15)16/h2-4,7-8H,5-6H2,1H3,(H,15,16). The maximum Gasteiger partial charge on any atom is 0.303 e. The van der Waals surface area contributed by atoms with Gasteiger partial charge in [-0.3, -0.25) is 9.78 Å². The van der Waals surface area contributed by atoms with E-state index >= 15 is 0 Å². The summed E-state index contributed by atoms with van der Waals surface area (Å²) >= 11 is 0. The van der Waals surface area contributed by atoms with Crippen molar-refractivity contribution < 1.29 is 14.6 Å². The molecule has 0 fully saturated rings. The summed E-state index contributed by atoms with van der Waals surface area (Å²) in [5.74, 6) is -0.0883. The van der Waals surface area contributed by atoms with Crippen LogP contribution in [-0.4, -0.2) is 23.2 Å². The smallest absolute Gasteiger partial charge is 0.303 e. The van der Waals surface area contributed by atoms with Crippen molar-refractivity contribution in [3.05, 3.63) is 36.2 Å². The van der Waals surface area contributed by atoms with Gasteiger partial charge in [0.2, 0.25) is 0 Å². The molecule has 0 unspecified atom stereocenters. The molecule has 1 heterocycles. The lowest BCUT2D eigenvalue weighted by Crippen LogP contribution is -2.00. The number of carboxylic acids is 1. The summed E-state index contributed by atoms with van der Waals surface area (Å²) in [4.78, 5) is 14.8. The fourth-order valence-corrected chi connectivity index (χ4v) is 1.85. The number of carbonyl (C=O) groups is 1. The molecule has 0 radical (unpaired) electrons. The number of hydrogen-bond donors (Lipinski definition) is 1. The van der Waals surface area contributed by atoms with E-state index in [9.17, 15) is 4.79 Å². The molecule has 0 saturated carbocycles. The molecule has 0 bridgehead atoms. The number of nitrogens with zero attached hydrogens (tertiary/aromatic N) is 1. The SMILES string of the molecule is COc1cccc2ccnc(CCC(=O)O)c12. The highest BCUT2D eigenvalue weighted by molar-refractivity contribution is 5.90. The number of methoxy groups -OCH3 is 1. The van der Waals surface area contributed by atoms with Crippen LogP contribution in [0.5, 0.6) is 5.75 Å². The summed E-state index contributed by atoms with van der Waals surface area (Å²) < 4.78 is 5.29. The van der Waals surface area contributed by atoms with Crippen LogP contribution in [-0.2, 0) is 11.2 Å². The number of aromatic nitrogens is 1. The van der Waals surface area contributed by atoms with Crippen molar-refractivity contribution in [2.45, 2.75) is 12.8 Å². The third kappa shape index (κ3) is 2.36. The van der Waals surface area contributed by atoms with Gasteiger partial charge in [-0.25, -0.2) is 0 Å². The van der Waals surface area contributed by atoms with Crippen LogP contribution in [0.15, 0.2) is 30.5 Å². The molecule has 17 heavy (non-hydrogen) atoms. The minimum absolute atomic E-state index is 0.0736. The second kappa shape index (κ2) is 4.82. The van der Waals surface area contributed by atoms with Gasteiger partial charge in [-0.15, -0.1) is 0 Å². The van der Waals surface area contributed by atoms with Crippen molar-refractivity contribution in [1.82, 2.24) is 4.98 Å². The second-order valence-corrected chi connectivity index (χ2v) is 3.71. The van der Waals surface area contributed by atoms with Crippen molar-refractivity contribution in [3.8, 4) is 5.75 Å². The molecule has 0 aliphatic rings. The lowest BCUT2D eigenvalue weighted by Gasteiger charge is -2.08. The maximum absolute atomic E-state index is 10.6. The summed E-state index contributed by atoms with van der Waals surface area (Å²) in [6.45, 7) is 0. The lowest BCUT2D eigenvalue weighted by molar-refractivity contribution is -0.136. The van der Waals surface area contributed by atoms with Gasteiger partial charge in [0.15, 0.2) is 0 Å². The Morgan fingerprint density at radius 3 is 2.94 bits per heavy atom. The zero-order valence-corrected chi connectivity index (χ0v) is 9.51. The Morgan fingerprint density at radius 2 is 2.24 bits per heavy atom. The number of pyridine rings is 1. The predicted octanol–water partition coefficient (Wildman–Crippen LogP) is 2.26. The molecule has 2 rings (SSSR count). The Labute approximate surface area is 98.9 Å².